The Balaban J connectivity index is 2.22. The van der Waals surface area contributed by atoms with Gasteiger partial charge < -0.3 is 10.2 Å². The van der Waals surface area contributed by atoms with Crippen LogP contribution in [-0.4, -0.2) is 19.6 Å². The fourth-order valence-corrected chi connectivity index (χ4v) is 2.81. The van der Waals surface area contributed by atoms with E-state index in [0.717, 1.165) is 13.1 Å². The minimum Gasteiger partial charge on any atom is -0.383 e. The molecule has 2 heteroatoms. The summed E-state index contributed by atoms with van der Waals surface area (Å²) < 4.78 is 0. The Labute approximate surface area is 118 Å². The van der Waals surface area contributed by atoms with Crippen LogP contribution >= 0.6 is 0 Å². The molecule has 0 spiro atoms. The molecule has 0 unspecified atom stereocenters. The largest absolute Gasteiger partial charge is 0.383 e. The number of fused-ring (bicyclic) bond motifs is 1. The van der Waals surface area contributed by atoms with Gasteiger partial charge in [0.2, 0.25) is 0 Å². The Morgan fingerprint density at radius 3 is 2.79 bits per heavy atom. The fourth-order valence-electron chi connectivity index (χ4n) is 2.81. The van der Waals surface area contributed by atoms with E-state index in [1.54, 1.807) is 0 Å². The fraction of sp³-hybridized carbons (Fsp3) is 0.647. The van der Waals surface area contributed by atoms with Gasteiger partial charge in [-0.1, -0.05) is 39.7 Å². The van der Waals surface area contributed by atoms with Gasteiger partial charge in [-0.3, -0.25) is 0 Å². The molecular formula is C17H28N2. The maximum absolute atomic E-state index is 3.63. The zero-order valence-electron chi connectivity index (χ0n) is 12.9. The first kappa shape index (κ1) is 14.2. The van der Waals surface area contributed by atoms with Crippen molar-refractivity contribution in [3.8, 4) is 0 Å². The van der Waals surface area contributed by atoms with Crippen molar-refractivity contribution in [2.24, 2.45) is 5.41 Å². The highest BCUT2D eigenvalue weighted by molar-refractivity contribution is 5.72. The SMILES string of the molecule is CCCCCN1CC(C)(C)CNc2cc(C)ccc21. The highest BCUT2D eigenvalue weighted by atomic mass is 15.2. The molecule has 1 aliphatic rings. The number of hydrogen-bond acceptors (Lipinski definition) is 2. The lowest BCUT2D eigenvalue weighted by molar-refractivity contribution is 0.393. The van der Waals surface area contributed by atoms with Crippen LogP contribution in [-0.2, 0) is 0 Å². The van der Waals surface area contributed by atoms with E-state index in [1.807, 2.05) is 0 Å². The second-order valence-corrected chi connectivity index (χ2v) is 6.67. The highest BCUT2D eigenvalue weighted by Gasteiger charge is 2.26. The number of aryl methyl sites for hydroxylation is 1. The van der Waals surface area contributed by atoms with Crippen molar-refractivity contribution >= 4 is 11.4 Å². The Morgan fingerprint density at radius 2 is 2.05 bits per heavy atom. The summed E-state index contributed by atoms with van der Waals surface area (Å²) in [6, 6.07) is 6.79. The van der Waals surface area contributed by atoms with E-state index in [9.17, 15) is 0 Å². The monoisotopic (exact) mass is 260 g/mol. The Bertz CT molecular complexity index is 423. The van der Waals surface area contributed by atoms with E-state index in [0.29, 0.717) is 5.41 Å². The van der Waals surface area contributed by atoms with Crippen LogP contribution in [0.25, 0.3) is 0 Å². The van der Waals surface area contributed by atoms with Gasteiger partial charge in [0, 0.05) is 19.6 Å². The summed E-state index contributed by atoms with van der Waals surface area (Å²) in [4.78, 5) is 2.57. The molecule has 1 aromatic carbocycles. The number of benzene rings is 1. The third kappa shape index (κ3) is 3.65. The van der Waals surface area contributed by atoms with Crippen LogP contribution in [0.1, 0.15) is 45.6 Å². The third-order valence-corrected chi connectivity index (χ3v) is 3.90. The standard InChI is InChI=1S/C17H28N2/c1-5-6-7-10-19-13-17(3,4)12-18-15-11-14(2)8-9-16(15)19/h8-9,11,18H,5-7,10,12-13H2,1-4H3. The van der Waals surface area contributed by atoms with Crippen molar-refractivity contribution in [1.82, 2.24) is 0 Å². The lowest BCUT2D eigenvalue weighted by atomic mass is 9.93. The molecule has 0 fully saturated rings. The quantitative estimate of drug-likeness (QED) is 0.805. The topological polar surface area (TPSA) is 15.3 Å². The molecule has 2 rings (SSSR count). The highest BCUT2D eigenvalue weighted by Crippen LogP contribution is 2.34. The van der Waals surface area contributed by atoms with Crippen LogP contribution in [0, 0.1) is 12.3 Å². The molecule has 1 N–H and O–H groups in total. The van der Waals surface area contributed by atoms with Crippen LogP contribution < -0.4 is 10.2 Å². The van der Waals surface area contributed by atoms with Gasteiger partial charge in [0.25, 0.3) is 0 Å². The predicted molar refractivity (Wildman–Crippen MR) is 85.2 cm³/mol. The molecule has 0 amide bonds. The summed E-state index contributed by atoms with van der Waals surface area (Å²) in [6.07, 6.45) is 3.90. The molecule has 0 aliphatic carbocycles. The van der Waals surface area contributed by atoms with Gasteiger partial charge in [-0.2, -0.15) is 0 Å². The van der Waals surface area contributed by atoms with Gasteiger partial charge in [-0.15, -0.1) is 0 Å². The molecule has 1 heterocycles. The van der Waals surface area contributed by atoms with Crippen molar-refractivity contribution in [2.75, 3.05) is 29.9 Å². The van der Waals surface area contributed by atoms with E-state index >= 15 is 0 Å². The van der Waals surface area contributed by atoms with Gasteiger partial charge >= 0.3 is 0 Å². The van der Waals surface area contributed by atoms with E-state index in [1.165, 1.54) is 42.7 Å². The van der Waals surface area contributed by atoms with Crippen LogP contribution in [0.15, 0.2) is 18.2 Å². The van der Waals surface area contributed by atoms with Gasteiger partial charge in [-0.25, -0.2) is 0 Å². The third-order valence-electron chi connectivity index (χ3n) is 3.90. The maximum Gasteiger partial charge on any atom is 0.0602 e. The van der Waals surface area contributed by atoms with Crippen molar-refractivity contribution in [1.29, 1.82) is 0 Å². The van der Waals surface area contributed by atoms with Gasteiger partial charge in [0.05, 0.1) is 11.4 Å². The second kappa shape index (κ2) is 5.85. The molecule has 0 radical (unpaired) electrons. The van der Waals surface area contributed by atoms with Crippen LogP contribution in [0.4, 0.5) is 11.4 Å². The molecular weight excluding hydrogens is 232 g/mol. The number of nitrogens with one attached hydrogen (secondary N) is 1. The molecule has 0 bridgehead atoms. The summed E-state index contributed by atoms with van der Waals surface area (Å²) in [5.41, 5.74) is 4.34. The molecule has 0 saturated heterocycles. The van der Waals surface area contributed by atoms with Crippen molar-refractivity contribution in [2.45, 2.75) is 47.0 Å². The average molecular weight is 260 g/mol. The Morgan fingerprint density at radius 1 is 1.26 bits per heavy atom. The minimum atomic E-state index is 0.319. The summed E-state index contributed by atoms with van der Waals surface area (Å²) in [7, 11) is 0. The van der Waals surface area contributed by atoms with Crippen LogP contribution in [0.5, 0.6) is 0 Å². The van der Waals surface area contributed by atoms with Crippen molar-refractivity contribution in [3.05, 3.63) is 23.8 Å². The minimum absolute atomic E-state index is 0.319. The lowest BCUT2D eigenvalue weighted by Gasteiger charge is -2.31. The molecule has 0 atom stereocenters. The molecule has 1 aliphatic heterocycles. The number of unbranched alkanes of at least 4 members (excludes halogenated alkanes) is 2. The number of anilines is 2. The van der Waals surface area contributed by atoms with Crippen LogP contribution in [0.3, 0.4) is 0 Å². The lowest BCUT2D eigenvalue weighted by Crippen LogP contribution is -2.36. The summed E-state index contributed by atoms with van der Waals surface area (Å²) in [5.74, 6) is 0. The number of rotatable bonds is 4. The van der Waals surface area contributed by atoms with Crippen molar-refractivity contribution in [3.63, 3.8) is 0 Å². The molecule has 1 aromatic rings. The van der Waals surface area contributed by atoms with E-state index < -0.39 is 0 Å². The smallest absolute Gasteiger partial charge is 0.0602 e. The first-order valence-electron chi connectivity index (χ1n) is 7.61. The summed E-state index contributed by atoms with van der Waals surface area (Å²) in [6.45, 7) is 12.5. The normalized spacial score (nSPS) is 17.6. The van der Waals surface area contributed by atoms with Gasteiger partial charge in [0.1, 0.15) is 0 Å². The zero-order valence-corrected chi connectivity index (χ0v) is 12.9. The van der Waals surface area contributed by atoms with E-state index in [4.69, 9.17) is 0 Å². The second-order valence-electron chi connectivity index (χ2n) is 6.67. The predicted octanol–water partition coefficient (Wildman–Crippen LogP) is 4.44. The molecule has 106 valence electrons. The first-order valence-corrected chi connectivity index (χ1v) is 7.61. The average Bonchev–Trinajstić information content (AvgIpc) is 2.47. The van der Waals surface area contributed by atoms with Crippen molar-refractivity contribution < 1.29 is 0 Å². The molecule has 2 nitrogen and oxygen atoms in total. The summed E-state index contributed by atoms with van der Waals surface area (Å²) >= 11 is 0. The summed E-state index contributed by atoms with van der Waals surface area (Å²) in [5, 5.41) is 3.63. The zero-order chi connectivity index (χ0) is 13.9. The van der Waals surface area contributed by atoms with E-state index in [2.05, 4.69) is 56.1 Å². The first-order chi connectivity index (χ1) is 9.02. The number of nitrogens with zero attached hydrogens (tertiary/aromatic N) is 1. The molecule has 0 saturated carbocycles. The van der Waals surface area contributed by atoms with Gasteiger partial charge in [0.15, 0.2) is 0 Å². The van der Waals surface area contributed by atoms with E-state index in [-0.39, 0.29) is 0 Å². The Hall–Kier alpha value is -1.18. The number of hydrogen-bond donors (Lipinski definition) is 1. The van der Waals surface area contributed by atoms with Gasteiger partial charge in [-0.05, 0) is 36.5 Å². The molecule has 0 aromatic heterocycles. The maximum atomic E-state index is 3.63. The molecule has 19 heavy (non-hydrogen) atoms. The Kier molecular flexibility index (Phi) is 4.38. The van der Waals surface area contributed by atoms with Crippen LogP contribution in [0.2, 0.25) is 0 Å².